The minimum absolute atomic E-state index is 0.117. The molecule has 0 aliphatic carbocycles. The van der Waals surface area contributed by atoms with Crippen LogP contribution in [0.3, 0.4) is 0 Å². The molecule has 4 heteroatoms. The van der Waals surface area contributed by atoms with Crippen molar-refractivity contribution in [3.05, 3.63) is 65.2 Å². The summed E-state index contributed by atoms with van der Waals surface area (Å²) in [6.45, 7) is 2.61. The van der Waals surface area contributed by atoms with E-state index in [4.69, 9.17) is 4.74 Å². The van der Waals surface area contributed by atoms with Gasteiger partial charge in [-0.25, -0.2) is 8.78 Å². The van der Waals surface area contributed by atoms with E-state index >= 15 is 0 Å². The maximum Gasteiger partial charge on any atom is 0.193 e. The zero-order valence-corrected chi connectivity index (χ0v) is 11.0. The molecule has 2 aromatic carbocycles. The molecule has 0 aromatic heterocycles. The molecule has 2 rings (SSSR count). The van der Waals surface area contributed by atoms with E-state index in [1.54, 1.807) is 24.3 Å². The van der Waals surface area contributed by atoms with Crippen molar-refractivity contribution in [2.24, 2.45) is 0 Å². The van der Waals surface area contributed by atoms with Crippen LogP contribution in [0, 0.1) is 11.6 Å². The molecule has 0 bridgehead atoms. The number of hydrogen-bond acceptors (Lipinski definition) is 2. The van der Waals surface area contributed by atoms with E-state index in [1.807, 2.05) is 6.92 Å². The van der Waals surface area contributed by atoms with Crippen molar-refractivity contribution >= 4 is 5.78 Å². The summed E-state index contributed by atoms with van der Waals surface area (Å²) in [5.74, 6) is -1.68. The van der Waals surface area contributed by atoms with Crippen molar-refractivity contribution in [1.29, 1.82) is 0 Å². The van der Waals surface area contributed by atoms with Gasteiger partial charge in [0.25, 0.3) is 0 Å². The highest BCUT2D eigenvalue weighted by Crippen LogP contribution is 2.17. The SMILES string of the molecule is CCCOc1ccc(C(=O)c2ccc(F)c(F)c2)cc1. The van der Waals surface area contributed by atoms with Crippen molar-refractivity contribution in [3.8, 4) is 5.75 Å². The highest BCUT2D eigenvalue weighted by Gasteiger charge is 2.12. The van der Waals surface area contributed by atoms with E-state index in [0.29, 0.717) is 17.9 Å². The van der Waals surface area contributed by atoms with E-state index < -0.39 is 11.6 Å². The van der Waals surface area contributed by atoms with Gasteiger partial charge >= 0.3 is 0 Å². The van der Waals surface area contributed by atoms with Crippen molar-refractivity contribution in [1.82, 2.24) is 0 Å². The molecule has 0 radical (unpaired) electrons. The van der Waals surface area contributed by atoms with Crippen LogP contribution in [-0.4, -0.2) is 12.4 Å². The van der Waals surface area contributed by atoms with Crippen molar-refractivity contribution in [2.75, 3.05) is 6.61 Å². The molecule has 0 heterocycles. The largest absolute Gasteiger partial charge is 0.494 e. The average molecular weight is 276 g/mol. The molecule has 0 fully saturated rings. The van der Waals surface area contributed by atoms with Gasteiger partial charge in [-0.2, -0.15) is 0 Å². The molecule has 0 unspecified atom stereocenters. The molecule has 0 aliphatic rings. The molecular formula is C16H14F2O2. The van der Waals surface area contributed by atoms with Crippen LogP contribution in [0.15, 0.2) is 42.5 Å². The maximum atomic E-state index is 13.1. The number of carbonyl (C=O) groups excluding carboxylic acids is 1. The summed E-state index contributed by atoms with van der Waals surface area (Å²) in [5.41, 5.74) is 0.519. The van der Waals surface area contributed by atoms with Crippen LogP contribution in [0.2, 0.25) is 0 Å². The van der Waals surface area contributed by atoms with Gasteiger partial charge in [-0.3, -0.25) is 4.79 Å². The van der Waals surface area contributed by atoms with E-state index in [0.717, 1.165) is 18.6 Å². The Kier molecular flexibility index (Phi) is 4.45. The Morgan fingerprint density at radius 2 is 1.65 bits per heavy atom. The summed E-state index contributed by atoms with van der Waals surface area (Å²) in [6, 6.07) is 9.69. The molecule has 0 saturated carbocycles. The first-order valence-corrected chi connectivity index (χ1v) is 6.34. The lowest BCUT2D eigenvalue weighted by Gasteiger charge is -2.06. The number of hydrogen-bond donors (Lipinski definition) is 0. The van der Waals surface area contributed by atoms with E-state index in [-0.39, 0.29) is 11.3 Å². The summed E-state index contributed by atoms with van der Waals surface area (Å²) in [4.78, 5) is 12.1. The zero-order valence-electron chi connectivity index (χ0n) is 11.0. The highest BCUT2D eigenvalue weighted by atomic mass is 19.2. The van der Waals surface area contributed by atoms with Crippen LogP contribution >= 0.6 is 0 Å². The molecule has 0 saturated heterocycles. The molecule has 0 atom stereocenters. The average Bonchev–Trinajstić information content (AvgIpc) is 2.48. The lowest BCUT2D eigenvalue weighted by atomic mass is 10.0. The third-order valence-electron chi connectivity index (χ3n) is 2.77. The van der Waals surface area contributed by atoms with Gasteiger partial charge in [-0.15, -0.1) is 0 Å². The first-order valence-electron chi connectivity index (χ1n) is 6.34. The summed E-state index contributed by atoms with van der Waals surface area (Å²) >= 11 is 0. The smallest absolute Gasteiger partial charge is 0.193 e. The number of ether oxygens (including phenoxy) is 1. The van der Waals surface area contributed by atoms with Crippen LogP contribution in [0.4, 0.5) is 8.78 Å². The van der Waals surface area contributed by atoms with Gasteiger partial charge in [0, 0.05) is 11.1 Å². The lowest BCUT2D eigenvalue weighted by molar-refractivity contribution is 0.103. The van der Waals surface area contributed by atoms with Crippen LogP contribution in [-0.2, 0) is 0 Å². The van der Waals surface area contributed by atoms with Gasteiger partial charge in [-0.1, -0.05) is 6.92 Å². The summed E-state index contributed by atoms with van der Waals surface area (Å²) in [5, 5.41) is 0. The number of halogens is 2. The minimum atomic E-state index is -1.03. The van der Waals surface area contributed by atoms with Gasteiger partial charge in [0.1, 0.15) is 5.75 Å². The number of rotatable bonds is 5. The molecule has 0 amide bonds. The van der Waals surface area contributed by atoms with Gasteiger partial charge in [0.15, 0.2) is 17.4 Å². The monoisotopic (exact) mass is 276 g/mol. The fourth-order valence-corrected chi connectivity index (χ4v) is 1.73. The normalized spacial score (nSPS) is 10.3. The Bertz CT molecular complexity index is 606. The Morgan fingerprint density at radius 3 is 2.25 bits per heavy atom. The fraction of sp³-hybridized carbons (Fsp3) is 0.188. The zero-order chi connectivity index (χ0) is 14.5. The van der Waals surface area contributed by atoms with Crippen LogP contribution < -0.4 is 4.74 Å². The Hall–Kier alpha value is -2.23. The van der Waals surface area contributed by atoms with Gasteiger partial charge in [-0.05, 0) is 48.9 Å². The number of benzene rings is 2. The van der Waals surface area contributed by atoms with Crippen molar-refractivity contribution in [2.45, 2.75) is 13.3 Å². The van der Waals surface area contributed by atoms with Crippen molar-refractivity contribution < 1.29 is 18.3 Å². The topological polar surface area (TPSA) is 26.3 Å². The first-order chi connectivity index (χ1) is 9.61. The molecule has 0 spiro atoms. The van der Waals surface area contributed by atoms with Crippen LogP contribution in [0.5, 0.6) is 5.75 Å². The molecule has 20 heavy (non-hydrogen) atoms. The Balaban J connectivity index is 2.18. The quantitative estimate of drug-likeness (QED) is 0.772. The predicted molar refractivity (Wildman–Crippen MR) is 72.0 cm³/mol. The van der Waals surface area contributed by atoms with Crippen LogP contribution in [0.25, 0.3) is 0 Å². The molecule has 0 aliphatic heterocycles. The lowest BCUT2D eigenvalue weighted by Crippen LogP contribution is -2.03. The van der Waals surface area contributed by atoms with Gasteiger partial charge in [0.05, 0.1) is 6.61 Å². The molecule has 2 aromatic rings. The highest BCUT2D eigenvalue weighted by molar-refractivity contribution is 6.09. The summed E-state index contributed by atoms with van der Waals surface area (Å²) < 4.78 is 31.4. The van der Waals surface area contributed by atoms with Crippen LogP contribution in [0.1, 0.15) is 29.3 Å². The standard InChI is InChI=1S/C16H14F2O2/c1-2-9-20-13-6-3-11(4-7-13)16(19)12-5-8-14(17)15(18)10-12/h3-8,10H,2,9H2,1H3. The fourth-order valence-electron chi connectivity index (χ4n) is 1.73. The predicted octanol–water partition coefficient (Wildman–Crippen LogP) is 3.98. The number of carbonyl (C=O) groups is 1. The molecular weight excluding hydrogens is 262 g/mol. The van der Waals surface area contributed by atoms with Crippen molar-refractivity contribution in [3.63, 3.8) is 0 Å². The van der Waals surface area contributed by atoms with Gasteiger partial charge < -0.3 is 4.74 Å². The minimum Gasteiger partial charge on any atom is -0.494 e. The number of ketones is 1. The third kappa shape index (κ3) is 3.20. The Labute approximate surface area is 116 Å². The summed E-state index contributed by atoms with van der Waals surface area (Å²) in [6.07, 6.45) is 0.898. The Morgan fingerprint density at radius 1 is 1.00 bits per heavy atom. The molecule has 0 N–H and O–H groups in total. The molecule has 2 nitrogen and oxygen atoms in total. The maximum absolute atomic E-state index is 13.1. The second-order valence-electron chi connectivity index (χ2n) is 4.33. The molecule has 104 valence electrons. The summed E-state index contributed by atoms with van der Waals surface area (Å²) in [7, 11) is 0. The second-order valence-corrected chi connectivity index (χ2v) is 4.33. The first kappa shape index (κ1) is 14.2. The second kappa shape index (κ2) is 6.28. The van der Waals surface area contributed by atoms with E-state index in [1.165, 1.54) is 6.07 Å². The van der Waals surface area contributed by atoms with Gasteiger partial charge in [0.2, 0.25) is 0 Å². The third-order valence-corrected chi connectivity index (χ3v) is 2.77. The van der Waals surface area contributed by atoms with E-state index in [9.17, 15) is 13.6 Å². The van der Waals surface area contributed by atoms with E-state index in [2.05, 4.69) is 0 Å².